The Balaban J connectivity index is 2.85. The number of benzene rings is 1. The van der Waals surface area contributed by atoms with E-state index >= 15 is 0 Å². The molecule has 0 bridgehead atoms. The van der Waals surface area contributed by atoms with Crippen molar-refractivity contribution in [2.75, 3.05) is 14.2 Å². The fourth-order valence-electron chi connectivity index (χ4n) is 1.76. The van der Waals surface area contributed by atoms with Crippen molar-refractivity contribution < 1.29 is 9.47 Å². The molecule has 0 N–H and O–H groups in total. The van der Waals surface area contributed by atoms with Crippen LogP contribution in [-0.4, -0.2) is 19.2 Å². The van der Waals surface area contributed by atoms with Gasteiger partial charge in [-0.25, -0.2) is 4.98 Å². The van der Waals surface area contributed by atoms with E-state index in [1.165, 1.54) is 0 Å². The molecule has 0 amide bonds. The number of fused-ring (bicyclic) bond motifs is 1. The van der Waals surface area contributed by atoms with E-state index in [0.717, 1.165) is 10.9 Å². The van der Waals surface area contributed by atoms with Crippen LogP contribution in [0.4, 0.5) is 0 Å². The van der Waals surface area contributed by atoms with Gasteiger partial charge in [0.2, 0.25) is 0 Å². The summed E-state index contributed by atoms with van der Waals surface area (Å²) in [5, 5.41) is 9.84. The molecule has 0 atom stereocenters. The lowest BCUT2D eigenvalue weighted by Crippen LogP contribution is -1.94. The number of hydrogen-bond donors (Lipinski definition) is 0. The third-order valence-electron chi connectivity index (χ3n) is 2.63. The highest BCUT2D eigenvalue weighted by Crippen LogP contribution is 2.31. The molecule has 0 unspecified atom stereocenters. The fourth-order valence-corrected chi connectivity index (χ4v) is 1.76. The Kier molecular flexibility index (Phi) is 2.84. The van der Waals surface area contributed by atoms with Gasteiger partial charge in [0, 0.05) is 11.5 Å². The lowest BCUT2D eigenvalue weighted by atomic mass is 10.1. The first-order valence-electron chi connectivity index (χ1n) is 5.13. The van der Waals surface area contributed by atoms with E-state index in [9.17, 15) is 0 Å². The molecule has 0 aliphatic carbocycles. The minimum atomic E-state index is 0.387. The van der Waals surface area contributed by atoms with E-state index in [1.807, 2.05) is 19.1 Å². The van der Waals surface area contributed by atoms with Gasteiger partial charge in [0.25, 0.3) is 0 Å². The lowest BCUT2D eigenvalue weighted by Gasteiger charge is -2.10. The summed E-state index contributed by atoms with van der Waals surface area (Å²) in [5.41, 5.74) is 2.05. The number of nitriles is 1. The molecule has 0 radical (unpaired) electrons. The summed E-state index contributed by atoms with van der Waals surface area (Å²) in [6, 6.07) is 7.44. The summed E-state index contributed by atoms with van der Waals surface area (Å²) in [7, 11) is 3.18. The number of aromatic nitrogens is 1. The van der Waals surface area contributed by atoms with Gasteiger partial charge in [-0.2, -0.15) is 5.26 Å². The van der Waals surface area contributed by atoms with Crippen molar-refractivity contribution in [3.63, 3.8) is 0 Å². The molecule has 4 heteroatoms. The van der Waals surface area contributed by atoms with Crippen LogP contribution < -0.4 is 9.47 Å². The first kappa shape index (κ1) is 11.2. The minimum Gasteiger partial charge on any atom is -0.497 e. The number of nitrogens with zero attached hydrogens (tertiary/aromatic N) is 2. The van der Waals surface area contributed by atoms with Crippen molar-refractivity contribution in [1.82, 2.24) is 4.98 Å². The van der Waals surface area contributed by atoms with Crippen LogP contribution in [0.5, 0.6) is 11.5 Å². The average Bonchev–Trinajstić information content (AvgIpc) is 2.37. The molecule has 1 aromatic heterocycles. The van der Waals surface area contributed by atoms with E-state index in [1.54, 1.807) is 26.4 Å². The van der Waals surface area contributed by atoms with Gasteiger partial charge >= 0.3 is 0 Å². The normalized spacial score (nSPS) is 10.0. The van der Waals surface area contributed by atoms with Crippen molar-refractivity contribution >= 4 is 10.9 Å². The second-order valence-corrected chi connectivity index (χ2v) is 3.66. The zero-order chi connectivity index (χ0) is 12.4. The van der Waals surface area contributed by atoms with E-state index in [4.69, 9.17) is 14.7 Å². The SMILES string of the molecule is COc1cc(OC)c2nc(C#N)cc(C)c2c1. The predicted octanol–water partition coefficient (Wildman–Crippen LogP) is 2.43. The zero-order valence-corrected chi connectivity index (χ0v) is 9.94. The smallest absolute Gasteiger partial charge is 0.148 e. The van der Waals surface area contributed by atoms with E-state index in [0.29, 0.717) is 22.7 Å². The molecule has 0 aliphatic rings. The molecule has 2 aromatic rings. The van der Waals surface area contributed by atoms with Crippen molar-refractivity contribution in [1.29, 1.82) is 5.26 Å². The lowest BCUT2D eigenvalue weighted by molar-refractivity contribution is 0.397. The van der Waals surface area contributed by atoms with Crippen LogP contribution in [0.2, 0.25) is 0 Å². The van der Waals surface area contributed by atoms with Crippen LogP contribution >= 0.6 is 0 Å². The molecular weight excluding hydrogens is 216 g/mol. The summed E-state index contributed by atoms with van der Waals surface area (Å²) in [6.45, 7) is 1.93. The van der Waals surface area contributed by atoms with Crippen LogP contribution in [-0.2, 0) is 0 Å². The first-order valence-corrected chi connectivity index (χ1v) is 5.13. The van der Waals surface area contributed by atoms with Crippen molar-refractivity contribution in [3.8, 4) is 17.6 Å². The monoisotopic (exact) mass is 228 g/mol. The van der Waals surface area contributed by atoms with Gasteiger partial charge in [-0.3, -0.25) is 0 Å². The van der Waals surface area contributed by atoms with E-state index in [-0.39, 0.29) is 0 Å². The van der Waals surface area contributed by atoms with Gasteiger partial charge < -0.3 is 9.47 Å². The maximum Gasteiger partial charge on any atom is 0.148 e. The van der Waals surface area contributed by atoms with Crippen LogP contribution in [0.1, 0.15) is 11.3 Å². The number of ether oxygens (including phenoxy) is 2. The third-order valence-corrected chi connectivity index (χ3v) is 2.63. The summed E-state index contributed by atoms with van der Waals surface area (Å²) >= 11 is 0. The number of hydrogen-bond acceptors (Lipinski definition) is 4. The third kappa shape index (κ3) is 1.87. The van der Waals surface area contributed by atoms with Gasteiger partial charge in [0.15, 0.2) is 0 Å². The Bertz CT molecular complexity index is 615. The van der Waals surface area contributed by atoms with Crippen molar-refractivity contribution in [3.05, 3.63) is 29.5 Å². The Morgan fingerprint density at radius 1 is 1.18 bits per heavy atom. The van der Waals surface area contributed by atoms with Crippen LogP contribution in [0, 0.1) is 18.3 Å². The fraction of sp³-hybridized carbons (Fsp3) is 0.231. The highest BCUT2D eigenvalue weighted by molar-refractivity contribution is 5.89. The summed E-state index contributed by atoms with van der Waals surface area (Å²) < 4.78 is 10.5. The Morgan fingerprint density at radius 2 is 1.94 bits per heavy atom. The molecule has 4 nitrogen and oxygen atoms in total. The highest BCUT2D eigenvalue weighted by atomic mass is 16.5. The maximum absolute atomic E-state index is 8.91. The summed E-state index contributed by atoms with van der Waals surface area (Å²) in [6.07, 6.45) is 0. The van der Waals surface area contributed by atoms with Crippen molar-refractivity contribution in [2.45, 2.75) is 6.92 Å². The van der Waals surface area contributed by atoms with Gasteiger partial charge in [-0.15, -0.1) is 0 Å². The van der Waals surface area contributed by atoms with Gasteiger partial charge in [-0.05, 0) is 24.6 Å². The summed E-state index contributed by atoms with van der Waals surface area (Å²) in [4.78, 5) is 4.26. The number of methoxy groups -OCH3 is 2. The first-order chi connectivity index (χ1) is 8.19. The van der Waals surface area contributed by atoms with Crippen LogP contribution in [0.25, 0.3) is 10.9 Å². The van der Waals surface area contributed by atoms with Crippen LogP contribution in [0.3, 0.4) is 0 Å². The van der Waals surface area contributed by atoms with Gasteiger partial charge in [0.05, 0.1) is 14.2 Å². The molecule has 0 fully saturated rings. The van der Waals surface area contributed by atoms with E-state index < -0.39 is 0 Å². The van der Waals surface area contributed by atoms with Gasteiger partial charge in [-0.1, -0.05) is 0 Å². The number of pyridine rings is 1. The molecule has 1 aromatic carbocycles. The second-order valence-electron chi connectivity index (χ2n) is 3.66. The van der Waals surface area contributed by atoms with Crippen molar-refractivity contribution in [2.24, 2.45) is 0 Å². The average molecular weight is 228 g/mol. The number of rotatable bonds is 2. The molecule has 1 heterocycles. The largest absolute Gasteiger partial charge is 0.497 e. The Hall–Kier alpha value is -2.28. The molecule has 2 rings (SSSR count). The molecule has 86 valence electrons. The zero-order valence-electron chi connectivity index (χ0n) is 9.94. The predicted molar refractivity (Wildman–Crippen MR) is 64.3 cm³/mol. The maximum atomic E-state index is 8.91. The van der Waals surface area contributed by atoms with Gasteiger partial charge in [0.1, 0.15) is 28.8 Å². The van der Waals surface area contributed by atoms with Crippen LogP contribution in [0.15, 0.2) is 18.2 Å². The molecule has 0 saturated carbocycles. The molecule has 0 aliphatic heterocycles. The Morgan fingerprint density at radius 3 is 2.53 bits per heavy atom. The molecule has 0 spiro atoms. The molecule has 17 heavy (non-hydrogen) atoms. The minimum absolute atomic E-state index is 0.387. The standard InChI is InChI=1S/C13H12N2O2/c1-8-4-9(7-14)15-13-11(8)5-10(16-2)6-12(13)17-3/h4-6H,1-3H3. The topological polar surface area (TPSA) is 55.1 Å². The molecular formula is C13H12N2O2. The Labute approximate surface area is 99.4 Å². The highest BCUT2D eigenvalue weighted by Gasteiger charge is 2.10. The summed E-state index contributed by atoms with van der Waals surface area (Å²) in [5.74, 6) is 1.32. The van der Waals surface area contributed by atoms with E-state index in [2.05, 4.69) is 4.98 Å². The quantitative estimate of drug-likeness (QED) is 0.792. The molecule has 0 saturated heterocycles. The number of aryl methyl sites for hydroxylation is 1. The second kappa shape index (κ2) is 4.30.